The molecule has 0 amide bonds. The van der Waals surface area contributed by atoms with E-state index in [9.17, 15) is 4.39 Å². The number of methoxy groups -OCH3 is 1. The van der Waals surface area contributed by atoms with E-state index in [1.165, 1.54) is 13.2 Å². The number of anilines is 1. The number of nitrogen functional groups attached to an aromatic ring is 1. The van der Waals surface area contributed by atoms with Crippen molar-refractivity contribution in [3.05, 3.63) is 29.7 Å². The molecule has 0 aliphatic carbocycles. The molecule has 3 aromatic rings. The van der Waals surface area contributed by atoms with Gasteiger partial charge in [0.05, 0.1) is 18.5 Å². The van der Waals surface area contributed by atoms with Crippen molar-refractivity contribution in [2.45, 2.75) is 13.3 Å². The Morgan fingerprint density at radius 1 is 1.38 bits per heavy atom. The van der Waals surface area contributed by atoms with Gasteiger partial charge in [0.15, 0.2) is 17.2 Å². The molecule has 0 aliphatic rings. The molecule has 1 aromatic carbocycles. The molecule has 0 bridgehead atoms. The molecule has 0 spiro atoms. The molecule has 110 valence electrons. The highest BCUT2D eigenvalue weighted by Crippen LogP contribution is 2.27. The first-order valence-electron chi connectivity index (χ1n) is 6.60. The Balaban J connectivity index is 2.27. The molecule has 0 saturated heterocycles. The lowest BCUT2D eigenvalue weighted by molar-refractivity contribution is 0.386. The SMILES string of the molecule is CCc1nn(C)c2c1nc(N)n2-c1ccc(OC)c(F)c1. The van der Waals surface area contributed by atoms with E-state index in [0.29, 0.717) is 11.6 Å². The monoisotopic (exact) mass is 289 g/mol. The summed E-state index contributed by atoms with van der Waals surface area (Å²) in [5.41, 5.74) is 8.94. The van der Waals surface area contributed by atoms with E-state index in [-0.39, 0.29) is 5.75 Å². The number of halogens is 1. The van der Waals surface area contributed by atoms with Gasteiger partial charge >= 0.3 is 0 Å². The Labute approximate surface area is 120 Å². The van der Waals surface area contributed by atoms with Crippen LogP contribution in [0.5, 0.6) is 5.75 Å². The van der Waals surface area contributed by atoms with E-state index in [4.69, 9.17) is 10.5 Å². The van der Waals surface area contributed by atoms with Crippen LogP contribution in [-0.4, -0.2) is 26.4 Å². The van der Waals surface area contributed by atoms with Crippen LogP contribution in [0, 0.1) is 5.82 Å². The van der Waals surface area contributed by atoms with Crippen molar-refractivity contribution in [1.82, 2.24) is 19.3 Å². The summed E-state index contributed by atoms with van der Waals surface area (Å²) in [5, 5.41) is 4.41. The molecule has 3 rings (SSSR count). The fraction of sp³-hybridized carbons (Fsp3) is 0.286. The first-order chi connectivity index (χ1) is 10.1. The van der Waals surface area contributed by atoms with Gasteiger partial charge in [0.1, 0.15) is 5.52 Å². The van der Waals surface area contributed by atoms with E-state index >= 15 is 0 Å². The smallest absolute Gasteiger partial charge is 0.207 e. The first kappa shape index (κ1) is 13.4. The fourth-order valence-electron chi connectivity index (χ4n) is 2.48. The number of imidazole rings is 1. The number of hydrogen-bond acceptors (Lipinski definition) is 4. The number of aryl methyl sites for hydroxylation is 2. The maximum absolute atomic E-state index is 13.9. The summed E-state index contributed by atoms with van der Waals surface area (Å²) in [4.78, 5) is 4.36. The molecule has 0 saturated carbocycles. The second kappa shape index (κ2) is 4.76. The quantitative estimate of drug-likeness (QED) is 0.801. The molecule has 0 atom stereocenters. The molecule has 7 heteroatoms. The number of nitrogens with two attached hydrogens (primary N) is 1. The number of nitrogens with zero attached hydrogens (tertiary/aromatic N) is 4. The van der Waals surface area contributed by atoms with E-state index < -0.39 is 5.82 Å². The first-order valence-corrected chi connectivity index (χ1v) is 6.60. The van der Waals surface area contributed by atoms with Crippen molar-refractivity contribution >= 4 is 17.1 Å². The molecule has 0 radical (unpaired) electrons. The van der Waals surface area contributed by atoms with Crippen molar-refractivity contribution < 1.29 is 9.13 Å². The number of benzene rings is 1. The highest BCUT2D eigenvalue weighted by Gasteiger charge is 2.18. The van der Waals surface area contributed by atoms with Crippen molar-refractivity contribution in [3.8, 4) is 11.4 Å². The van der Waals surface area contributed by atoms with Gasteiger partial charge in [-0.25, -0.2) is 14.1 Å². The van der Waals surface area contributed by atoms with Crippen LogP contribution in [0.1, 0.15) is 12.6 Å². The Bertz CT molecular complexity index is 820. The van der Waals surface area contributed by atoms with Crippen LogP contribution >= 0.6 is 0 Å². The van der Waals surface area contributed by atoms with Gasteiger partial charge < -0.3 is 10.5 Å². The summed E-state index contributed by atoms with van der Waals surface area (Å²) in [7, 11) is 3.25. The van der Waals surface area contributed by atoms with Crippen LogP contribution in [0.4, 0.5) is 10.3 Å². The van der Waals surface area contributed by atoms with Crippen LogP contribution in [0.15, 0.2) is 18.2 Å². The third-order valence-corrected chi connectivity index (χ3v) is 3.46. The highest BCUT2D eigenvalue weighted by molar-refractivity contribution is 5.80. The summed E-state index contributed by atoms with van der Waals surface area (Å²) in [6.07, 6.45) is 0.755. The van der Waals surface area contributed by atoms with Crippen LogP contribution in [0.25, 0.3) is 16.9 Å². The molecular weight excluding hydrogens is 273 g/mol. The number of ether oxygens (including phenoxy) is 1. The molecule has 21 heavy (non-hydrogen) atoms. The van der Waals surface area contributed by atoms with E-state index in [0.717, 1.165) is 23.3 Å². The summed E-state index contributed by atoms with van der Waals surface area (Å²) >= 11 is 0. The fourth-order valence-corrected chi connectivity index (χ4v) is 2.48. The van der Waals surface area contributed by atoms with Crippen molar-refractivity contribution in [2.24, 2.45) is 7.05 Å². The van der Waals surface area contributed by atoms with E-state index in [1.807, 2.05) is 14.0 Å². The number of aromatic nitrogens is 4. The standard InChI is InChI=1S/C14H16FN5O/c1-4-10-12-13(19(2)18-10)20(14(16)17-12)8-5-6-11(21-3)9(15)7-8/h5-7H,4H2,1-3H3,(H2,16,17). The Morgan fingerprint density at radius 2 is 2.14 bits per heavy atom. The summed E-state index contributed by atoms with van der Waals surface area (Å²) in [6, 6.07) is 4.67. The lowest BCUT2D eigenvalue weighted by atomic mass is 10.3. The van der Waals surface area contributed by atoms with Crippen molar-refractivity contribution in [3.63, 3.8) is 0 Å². The third kappa shape index (κ3) is 1.93. The molecule has 2 N–H and O–H groups in total. The average molecular weight is 289 g/mol. The molecule has 6 nitrogen and oxygen atoms in total. The maximum atomic E-state index is 13.9. The molecule has 2 aromatic heterocycles. The van der Waals surface area contributed by atoms with Gasteiger partial charge in [0, 0.05) is 13.1 Å². The van der Waals surface area contributed by atoms with Crippen LogP contribution in [-0.2, 0) is 13.5 Å². The number of rotatable bonds is 3. The zero-order valence-corrected chi connectivity index (χ0v) is 12.1. The minimum absolute atomic E-state index is 0.188. The van der Waals surface area contributed by atoms with E-state index in [1.54, 1.807) is 21.4 Å². The Hall–Kier alpha value is -2.57. The van der Waals surface area contributed by atoms with Gasteiger partial charge in [-0.1, -0.05) is 6.92 Å². The van der Waals surface area contributed by atoms with Crippen LogP contribution < -0.4 is 10.5 Å². The van der Waals surface area contributed by atoms with Crippen LogP contribution in [0.3, 0.4) is 0 Å². The predicted octanol–water partition coefficient (Wildman–Crippen LogP) is 2.05. The second-order valence-electron chi connectivity index (χ2n) is 4.72. The summed E-state index contributed by atoms with van der Waals surface area (Å²) in [6.45, 7) is 2.00. The Kier molecular flexibility index (Phi) is 3.04. The van der Waals surface area contributed by atoms with Gasteiger partial charge in [-0.3, -0.25) is 4.57 Å². The van der Waals surface area contributed by atoms with Gasteiger partial charge in [-0.15, -0.1) is 0 Å². The minimum atomic E-state index is -0.450. The molecule has 0 aliphatic heterocycles. The van der Waals surface area contributed by atoms with Crippen molar-refractivity contribution in [2.75, 3.05) is 12.8 Å². The molecule has 2 heterocycles. The number of hydrogen-bond donors (Lipinski definition) is 1. The van der Waals surface area contributed by atoms with Gasteiger partial charge in [0.2, 0.25) is 5.95 Å². The van der Waals surface area contributed by atoms with Gasteiger partial charge in [-0.05, 0) is 18.6 Å². The topological polar surface area (TPSA) is 70.9 Å². The second-order valence-corrected chi connectivity index (χ2v) is 4.72. The maximum Gasteiger partial charge on any atom is 0.207 e. The zero-order valence-electron chi connectivity index (χ0n) is 12.1. The van der Waals surface area contributed by atoms with Gasteiger partial charge in [0.25, 0.3) is 0 Å². The molecule has 0 unspecified atom stereocenters. The number of fused-ring (bicyclic) bond motifs is 1. The molecule has 0 fully saturated rings. The average Bonchev–Trinajstić information content (AvgIpc) is 2.95. The summed E-state index contributed by atoms with van der Waals surface area (Å²) in [5.74, 6) is 0.0411. The third-order valence-electron chi connectivity index (χ3n) is 3.46. The Morgan fingerprint density at radius 3 is 2.76 bits per heavy atom. The lowest BCUT2D eigenvalue weighted by Crippen LogP contribution is -2.05. The normalized spacial score (nSPS) is 11.2. The highest BCUT2D eigenvalue weighted by atomic mass is 19.1. The minimum Gasteiger partial charge on any atom is -0.494 e. The van der Waals surface area contributed by atoms with Crippen molar-refractivity contribution in [1.29, 1.82) is 0 Å². The zero-order chi connectivity index (χ0) is 15.1. The summed E-state index contributed by atoms with van der Waals surface area (Å²) < 4.78 is 22.2. The lowest BCUT2D eigenvalue weighted by Gasteiger charge is -2.09. The van der Waals surface area contributed by atoms with E-state index in [2.05, 4.69) is 10.1 Å². The largest absolute Gasteiger partial charge is 0.494 e. The van der Waals surface area contributed by atoms with Gasteiger partial charge in [-0.2, -0.15) is 5.10 Å². The molecular formula is C14H16FN5O. The predicted molar refractivity (Wildman–Crippen MR) is 78.1 cm³/mol. The van der Waals surface area contributed by atoms with Crippen LogP contribution in [0.2, 0.25) is 0 Å².